The second-order valence-electron chi connectivity index (χ2n) is 5.85. The largest absolute Gasteiger partial charge is 0.392 e. The Kier molecular flexibility index (Phi) is 3.99. The van der Waals surface area contributed by atoms with Gasteiger partial charge in [-0.05, 0) is 37.7 Å². The first-order valence-corrected chi connectivity index (χ1v) is 7.84. The first-order valence-electron chi connectivity index (χ1n) is 7.46. The van der Waals surface area contributed by atoms with Gasteiger partial charge in [0.25, 0.3) is 0 Å². The number of fused-ring (bicyclic) bond motifs is 1. The number of para-hydroxylation sites is 1. The minimum Gasteiger partial charge on any atom is -0.392 e. The van der Waals surface area contributed by atoms with Crippen LogP contribution >= 0.6 is 11.6 Å². The zero-order valence-electron chi connectivity index (χ0n) is 11.3. The third kappa shape index (κ3) is 2.48. The van der Waals surface area contributed by atoms with Crippen LogP contribution in [0.25, 0.3) is 0 Å². The average Bonchev–Trinajstić information content (AvgIpc) is 2.46. The van der Waals surface area contributed by atoms with Gasteiger partial charge >= 0.3 is 0 Å². The summed E-state index contributed by atoms with van der Waals surface area (Å²) in [6, 6.07) is 6.50. The number of benzene rings is 1. The molecule has 0 spiro atoms. The Balaban J connectivity index is 1.96. The quantitative estimate of drug-likeness (QED) is 0.885. The highest BCUT2D eigenvalue weighted by Gasteiger charge is 2.34. The summed E-state index contributed by atoms with van der Waals surface area (Å²) in [5.41, 5.74) is 2.06. The van der Waals surface area contributed by atoms with E-state index in [9.17, 15) is 5.11 Å². The number of rotatable bonds is 2. The summed E-state index contributed by atoms with van der Waals surface area (Å²) >= 11 is 6.42. The van der Waals surface area contributed by atoms with Crippen LogP contribution in [0.2, 0.25) is 5.02 Å². The van der Waals surface area contributed by atoms with E-state index in [1.54, 1.807) is 0 Å². The lowest BCUT2D eigenvalue weighted by molar-refractivity contribution is 0.241. The molecule has 1 heterocycles. The van der Waals surface area contributed by atoms with Crippen LogP contribution in [0.15, 0.2) is 18.2 Å². The van der Waals surface area contributed by atoms with Crippen LogP contribution in [-0.2, 0) is 6.61 Å². The Hall–Kier alpha value is -0.730. The maximum atomic E-state index is 9.58. The van der Waals surface area contributed by atoms with Crippen molar-refractivity contribution < 1.29 is 5.11 Å². The summed E-state index contributed by atoms with van der Waals surface area (Å²) in [5, 5.41) is 10.4. The summed E-state index contributed by atoms with van der Waals surface area (Å²) < 4.78 is 0. The molecular formula is C16H22ClNO. The molecule has 104 valence electrons. The number of anilines is 1. The second kappa shape index (κ2) is 5.72. The van der Waals surface area contributed by atoms with Crippen LogP contribution in [0, 0.1) is 5.92 Å². The zero-order chi connectivity index (χ0) is 13.2. The second-order valence-corrected chi connectivity index (χ2v) is 6.26. The van der Waals surface area contributed by atoms with Gasteiger partial charge in [0.1, 0.15) is 0 Å². The molecule has 1 aliphatic carbocycles. The molecule has 0 bridgehead atoms. The van der Waals surface area contributed by atoms with Crippen LogP contribution < -0.4 is 4.90 Å². The average molecular weight is 280 g/mol. The van der Waals surface area contributed by atoms with Crippen molar-refractivity contribution in [3.63, 3.8) is 0 Å². The first-order chi connectivity index (χ1) is 9.31. The molecule has 0 aromatic heterocycles. The maximum absolute atomic E-state index is 9.58. The van der Waals surface area contributed by atoms with Gasteiger partial charge in [0.2, 0.25) is 0 Å². The molecule has 19 heavy (non-hydrogen) atoms. The predicted octanol–water partition coefficient (Wildman–Crippen LogP) is 3.99. The fourth-order valence-electron chi connectivity index (χ4n) is 3.91. The van der Waals surface area contributed by atoms with E-state index in [1.807, 2.05) is 18.2 Å². The van der Waals surface area contributed by atoms with Gasteiger partial charge in [-0.3, -0.25) is 0 Å². The Labute approximate surface area is 120 Å². The molecule has 3 heteroatoms. The fourth-order valence-corrected chi connectivity index (χ4v) is 4.21. The normalized spacial score (nSPS) is 27.2. The molecule has 2 nitrogen and oxygen atoms in total. The smallest absolute Gasteiger partial charge is 0.0702 e. The van der Waals surface area contributed by atoms with Gasteiger partial charge in [0.05, 0.1) is 17.3 Å². The van der Waals surface area contributed by atoms with Crippen LogP contribution in [0.3, 0.4) is 0 Å². The van der Waals surface area contributed by atoms with Crippen LogP contribution in [0.4, 0.5) is 5.69 Å². The summed E-state index contributed by atoms with van der Waals surface area (Å²) in [7, 11) is 0. The lowest BCUT2D eigenvalue weighted by atomic mass is 9.78. The number of aliphatic hydroxyl groups excluding tert-OH is 1. The highest BCUT2D eigenvalue weighted by atomic mass is 35.5. The molecule has 1 saturated carbocycles. The zero-order valence-corrected chi connectivity index (χ0v) is 12.1. The molecule has 0 amide bonds. The third-order valence-corrected chi connectivity index (χ3v) is 5.08. The molecule has 1 saturated heterocycles. The van der Waals surface area contributed by atoms with Crippen molar-refractivity contribution in [2.45, 2.75) is 51.2 Å². The van der Waals surface area contributed by atoms with Crippen molar-refractivity contribution in [2.75, 3.05) is 11.4 Å². The van der Waals surface area contributed by atoms with E-state index in [4.69, 9.17) is 11.6 Å². The standard InChI is InChI=1S/C16H22ClNO/c17-14-8-3-6-13(11-19)16(14)18-10-4-7-12-5-1-2-9-15(12)18/h3,6,8,12,15,19H,1-2,4-5,7,9-11H2/t12-,15-/m1/s1. The molecule has 1 aliphatic heterocycles. The highest BCUT2D eigenvalue weighted by Crippen LogP contribution is 2.41. The summed E-state index contributed by atoms with van der Waals surface area (Å²) in [4.78, 5) is 2.49. The number of aliphatic hydroxyl groups is 1. The van der Waals surface area contributed by atoms with Crippen molar-refractivity contribution in [3.8, 4) is 0 Å². The van der Waals surface area contributed by atoms with E-state index in [-0.39, 0.29) is 6.61 Å². The topological polar surface area (TPSA) is 23.5 Å². The Morgan fingerprint density at radius 3 is 2.79 bits per heavy atom. The molecule has 1 aromatic carbocycles. The fraction of sp³-hybridized carbons (Fsp3) is 0.625. The summed E-state index contributed by atoms with van der Waals surface area (Å²) in [6.45, 7) is 1.15. The van der Waals surface area contributed by atoms with Crippen molar-refractivity contribution in [3.05, 3.63) is 28.8 Å². The van der Waals surface area contributed by atoms with Crippen LogP contribution in [0.1, 0.15) is 44.1 Å². The molecular weight excluding hydrogens is 258 g/mol. The van der Waals surface area contributed by atoms with Gasteiger partial charge in [-0.15, -0.1) is 0 Å². The molecule has 3 rings (SSSR count). The lowest BCUT2D eigenvalue weighted by Crippen LogP contribution is -2.47. The van der Waals surface area contributed by atoms with Gasteiger partial charge < -0.3 is 10.0 Å². The van der Waals surface area contributed by atoms with Crippen molar-refractivity contribution >= 4 is 17.3 Å². The van der Waals surface area contributed by atoms with Gasteiger partial charge in [0, 0.05) is 18.2 Å². The van der Waals surface area contributed by atoms with Gasteiger partial charge in [-0.25, -0.2) is 0 Å². The molecule has 2 atom stereocenters. The SMILES string of the molecule is OCc1cccc(Cl)c1N1CCC[C@H]2CCCC[C@H]21. The van der Waals surface area contributed by atoms with Crippen molar-refractivity contribution in [2.24, 2.45) is 5.92 Å². The highest BCUT2D eigenvalue weighted by molar-refractivity contribution is 6.33. The van der Waals surface area contributed by atoms with E-state index in [0.717, 1.165) is 28.7 Å². The molecule has 0 radical (unpaired) electrons. The first kappa shape index (κ1) is 13.3. The van der Waals surface area contributed by atoms with Gasteiger partial charge in [-0.1, -0.05) is 36.6 Å². The third-order valence-electron chi connectivity index (χ3n) is 4.77. The Morgan fingerprint density at radius 2 is 1.95 bits per heavy atom. The number of hydrogen-bond donors (Lipinski definition) is 1. The minimum absolute atomic E-state index is 0.0732. The number of nitrogens with zero attached hydrogens (tertiary/aromatic N) is 1. The minimum atomic E-state index is 0.0732. The van der Waals surface area contributed by atoms with E-state index in [1.165, 1.54) is 38.5 Å². The Bertz CT molecular complexity index is 446. The molecule has 1 N–H and O–H groups in total. The maximum Gasteiger partial charge on any atom is 0.0702 e. The van der Waals surface area contributed by atoms with Crippen LogP contribution in [0.5, 0.6) is 0 Å². The van der Waals surface area contributed by atoms with Crippen LogP contribution in [-0.4, -0.2) is 17.7 Å². The molecule has 1 aromatic rings. The summed E-state index contributed by atoms with van der Waals surface area (Å²) in [5.74, 6) is 0.824. The Morgan fingerprint density at radius 1 is 1.16 bits per heavy atom. The molecule has 2 aliphatic rings. The lowest BCUT2D eigenvalue weighted by Gasteiger charge is -2.46. The number of hydrogen-bond acceptors (Lipinski definition) is 2. The molecule has 0 unspecified atom stereocenters. The predicted molar refractivity (Wildman–Crippen MR) is 79.7 cm³/mol. The summed E-state index contributed by atoms with van der Waals surface area (Å²) in [6.07, 6.45) is 7.96. The monoisotopic (exact) mass is 279 g/mol. The number of piperidine rings is 1. The molecule has 2 fully saturated rings. The van der Waals surface area contributed by atoms with E-state index < -0.39 is 0 Å². The van der Waals surface area contributed by atoms with E-state index in [2.05, 4.69) is 4.90 Å². The van der Waals surface area contributed by atoms with E-state index in [0.29, 0.717) is 6.04 Å². The van der Waals surface area contributed by atoms with Crippen molar-refractivity contribution in [1.82, 2.24) is 0 Å². The van der Waals surface area contributed by atoms with Gasteiger partial charge in [-0.2, -0.15) is 0 Å². The van der Waals surface area contributed by atoms with Crippen molar-refractivity contribution in [1.29, 1.82) is 0 Å². The number of halogens is 1. The van der Waals surface area contributed by atoms with Gasteiger partial charge in [0.15, 0.2) is 0 Å². The van der Waals surface area contributed by atoms with E-state index >= 15 is 0 Å².